The summed E-state index contributed by atoms with van der Waals surface area (Å²) in [6.45, 7) is 0. The Labute approximate surface area is 244 Å². The van der Waals surface area contributed by atoms with E-state index in [-0.39, 0.29) is 0 Å². The minimum Gasteiger partial charge on any atom is -0.504 e. The molecule has 0 aliphatic heterocycles. The number of esters is 3. The average molecular weight is 620 g/mol. The van der Waals surface area contributed by atoms with Gasteiger partial charge in [-0.25, -0.2) is 14.4 Å². The van der Waals surface area contributed by atoms with Crippen LogP contribution in [0.2, 0.25) is 0 Å². The Morgan fingerprint density at radius 3 is 1.14 bits per heavy atom. The summed E-state index contributed by atoms with van der Waals surface area (Å²) in [5.41, 5.74) is -1.72. The predicted octanol–water partition coefficient (Wildman–Crippen LogP) is 0.139. The normalized spacial score (nSPS) is 21.3. The van der Waals surface area contributed by atoms with Crippen LogP contribution in [0.1, 0.15) is 37.5 Å². The van der Waals surface area contributed by atoms with E-state index in [1.807, 2.05) is 0 Å². The maximum absolute atomic E-state index is 13.0. The molecule has 0 heterocycles. The summed E-state index contributed by atoms with van der Waals surface area (Å²) >= 11 is 0. The first-order chi connectivity index (χ1) is 20.6. The molecule has 5 unspecified atom stereocenters. The molecule has 11 N–H and O–H groups in total. The lowest BCUT2D eigenvalue weighted by Crippen LogP contribution is -2.59. The van der Waals surface area contributed by atoms with Crippen molar-refractivity contribution in [2.75, 3.05) is 0 Å². The molecule has 1 aliphatic rings. The Kier molecular flexibility index (Phi) is 8.36. The molecule has 234 valence electrons. The molecule has 0 saturated heterocycles. The summed E-state index contributed by atoms with van der Waals surface area (Å²) < 4.78 is 15.9. The van der Waals surface area contributed by atoms with Crippen molar-refractivity contribution in [1.29, 1.82) is 0 Å². The highest BCUT2D eigenvalue weighted by atomic mass is 16.6. The zero-order valence-corrected chi connectivity index (χ0v) is 21.9. The molecule has 0 aromatic heterocycles. The van der Waals surface area contributed by atoms with Crippen molar-refractivity contribution in [1.82, 2.24) is 0 Å². The number of aromatic hydroxyl groups is 9. The van der Waals surface area contributed by atoms with E-state index < -0.39 is 123 Å². The third-order valence-corrected chi connectivity index (χ3v) is 6.56. The van der Waals surface area contributed by atoms with Gasteiger partial charge in [0.05, 0.1) is 22.8 Å². The first-order valence-corrected chi connectivity index (χ1v) is 12.3. The molecule has 3 aromatic rings. The molecule has 1 fully saturated rings. The molecule has 0 bridgehead atoms. The predicted molar refractivity (Wildman–Crippen MR) is 139 cm³/mol. The van der Waals surface area contributed by atoms with Crippen LogP contribution in [0.25, 0.3) is 0 Å². The second-order valence-corrected chi connectivity index (χ2v) is 9.57. The number of carbonyl (C=O) groups excluding carboxylic acids is 3. The Morgan fingerprint density at radius 1 is 0.500 bits per heavy atom. The van der Waals surface area contributed by atoms with Crippen LogP contribution in [-0.2, 0) is 14.2 Å². The molecule has 4 rings (SSSR count). The van der Waals surface area contributed by atoms with Gasteiger partial charge in [-0.1, -0.05) is 0 Å². The quantitative estimate of drug-likeness (QED) is 0.0991. The van der Waals surface area contributed by atoms with Crippen molar-refractivity contribution in [2.24, 2.45) is 0 Å². The number of ether oxygens (including phenoxy) is 3. The molecule has 0 radical (unpaired) electrons. The smallest absolute Gasteiger partial charge is 0.338 e. The molecule has 0 spiro atoms. The van der Waals surface area contributed by atoms with E-state index in [0.717, 1.165) is 0 Å². The Bertz CT molecular complexity index is 1560. The first-order valence-electron chi connectivity index (χ1n) is 12.3. The molecule has 3 aromatic carbocycles. The van der Waals surface area contributed by atoms with Crippen LogP contribution < -0.4 is 0 Å². The monoisotopic (exact) mass is 620 g/mol. The molecule has 5 atom stereocenters. The van der Waals surface area contributed by atoms with E-state index in [1.54, 1.807) is 0 Å². The summed E-state index contributed by atoms with van der Waals surface area (Å²) in [5.74, 6) is -12.6. The molecular weight excluding hydrogens is 596 g/mol. The number of hydrogen-bond acceptors (Lipinski definition) is 17. The lowest BCUT2D eigenvalue weighted by Gasteiger charge is -2.41. The highest BCUT2D eigenvalue weighted by Crippen LogP contribution is 2.39. The van der Waals surface area contributed by atoms with Crippen LogP contribution >= 0.6 is 0 Å². The lowest BCUT2D eigenvalue weighted by atomic mass is 9.86. The van der Waals surface area contributed by atoms with E-state index >= 15 is 0 Å². The molecular formula is C27H24O17. The number of rotatable bonds is 6. The number of phenolic OH excluding ortho intramolecular Hbond substituents is 9. The van der Waals surface area contributed by atoms with E-state index in [1.165, 1.54) is 0 Å². The van der Waals surface area contributed by atoms with E-state index in [0.29, 0.717) is 36.4 Å². The topological polar surface area (TPSA) is 301 Å². The fourth-order valence-electron chi connectivity index (χ4n) is 4.29. The molecule has 1 aliphatic carbocycles. The third kappa shape index (κ3) is 6.03. The van der Waals surface area contributed by atoms with Gasteiger partial charge < -0.3 is 70.4 Å². The second-order valence-electron chi connectivity index (χ2n) is 9.57. The minimum atomic E-state index is -2.06. The van der Waals surface area contributed by atoms with Crippen molar-refractivity contribution in [3.8, 4) is 51.7 Å². The number of aliphatic hydroxyl groups excluding tert-OH is 2. The maximum atomic E-state index is 13.0. The van der Waals surface area contributed by atoms with Crippen LogP contribution in [0.4, 0.5) is 0 Å². The maximum Gasteiger partial charge on any atom is 0.338 e. The second kappa shape index (κ2) is 11.8. The molecule has 0 amide bonds. The fourth-order valence-corrected chi connectivity index (χ4v) is 4.29. The lowest BCUT2D eigenvalue weighted by molar-refractivity contribution is -0.180. The van der Waals surface area contributed by atoms with E-state index in [4.69, 9.17) is 14.2 Å². The van der Waals surface area contributed by atoms with Gasteiger partial charge in [-0.15, -0.1) is 0 Å². The van der Waals surface area contributed by atoms with Crippen molar-refractivity contribution in [3.05, 3.63) is 53.1 Å². The summed E-state index contributed by atoms with van der Waals surface area (Å²) in [6, 6.07) is 4.11. The molecule has 17 heteroatoms. The number of hydrogen-bond donors (Lipinski definition) is 11. The Hall–Kier alpha value is -5.81. The van der Waals surface area contributed by atoms with Crippen LogP contribution in [0, 0.1) is 0 Å². The minimum absolute atomic E-state index is 0.541. The fraction of sp³-hybridized carbons (Fsp3) is 0.222. The van der Waals surface area contributed by atoms with Gasteiger partial charge in [0.1, 0.15) is 12.2 Å². The standard InChI is InChI=1S/C27H24O17/c28-11-1-8(2-12(29)19(11)35)25(39)42-18-7-17(34)22(38)24(44-27(41)10-5-15(32)21(37)16(33)6-10)23(18)43-26(40)9-3-13(30)20(36)14(31)4-9/h1-6,17-18,22-24,28-38H,7H2. The van der Waals surface area contributed by atoms with Gasteiger partial charge >= 0.3 is 17.9 Å². The Balaban J connectivity index is 1.71. The van der Waals surface area contributed by atoms with E-state index in [2.05, 4.69) is 0 Å². The Morgan fingerprint density at radius 2 is 0.795 bits per heavy atom. The van der Waals surface area contributed by atoms with Gasteiger partial charge in [-0.3, -0.25) is 0 Å². The molecule has 1 saturated carbocycles. The highest BCUT2D eigenvalue weighted by molar-refractivity contribution is 5.93. The van der Waals surface area contributed by atoms with Crippen molar-refractivity contribution in [2.45, 2.75) is 36.9 Å². The summed E-state index contributed by atoms with van der Waals surface area (Å²) in [6.07, 6.45) is -10.3. The van der Waals surface area contributed by atoms with Gasteiger partial charge in [-0.2, -0.15) is 0 Å². The van der Waals surface area contributed by atoms with Gasteiger partial charge in [0.2, 0.25) is 0 Å². The summed E-state index contributed by atoms with van der Waals surface area (Å²) in [5, 5.41) is 109. The van der Waals surface area contributed by atoms with Gasteiger partial charge in [0.25, 0.3) is 0 Å². The van der Waals surface area contributed by atoms with Crippen LogP contribution in [0.3, 0.4) is 0 Å². The van der Waals surface area contributed by atoms with Gasteiger partial charge in [0, 0.05) is 6.42 Å². The van der Waals surface area contributed by atoms with Gasteiger partial charge in [0.15, 0.2) is 64.0 Å². The third-order valence-electron chi connectivity index (χ3n) is 6.56. The molecule has 17 nitrogen and oxygen atoms in total. The zero-order valence-electron chi connectivity index (χ0n) is 21.9. The summed E-state index contributed by atoms with van der Waals surface area (Å²) in [7, 11) is 0. The van der Waals surface area contributed by atoms with Crippen LogP contribution in [-0.4, -0.2) is 105 Å². The average Bonchev–Trinajstić information content (AvgIpc) is 2.96. The summed E-state index contributed by atoms with van der Waals surface area (Å²) in [4.78, 5) is 38.9. The number of aliphatic hydroxyl groups is 2. The molecule has 44 heavy (non-hydrogen) atoms. The van der Waals surface area contributed by atoms with Crippen molar-refractivity contribution < 1.29 is 84.8 Å². The zero-order chi connectivity index (χ0) is 32.6. The number of benzene rings is 3. The first kappa shape index (κ1) is 31.1. The number of phenols is 9. The van der Waals surface area contributed by atoms with Crippen LogP contribution in [0.15, 0.2) is 36.4 Å². The van der Waals surface area contributed by atoms with Crippen molar-refractivity contribution >= 4 is 17.9 Å². The van der Waals surface area contributed by atoms with E-state index in [9.17, 15) is 70.6 Å². The largest absolute Gasteiger partial charge is 0.504 e. The number of carbonyl (C=O) groups is 3. The SMILES string of the molecule is O=C(OC1CC(O)C(O)C(OC(=O)c2cc(O)c(O)c(O)c2)C1OC(=O)c1cc(O)c(O)c(O)c1)c1cc(O)c(O)c(O)c1. The van der Waals surface area contributed by atoms with Gasteiger partial charge in [-0.05, 0) is 36.4 Å². The van der Waals surface area contributed by atoms with Crippen molar-refractivity contribution in [3.63, 3.8) is 0 Å². The highest BCUT2D eigenvalue weighted by Gasteiger charge is 2.50. The van der Waals surface area contributed by atoms with Crippen LogP contribution in [0.5, 0.6) is 51.7 Å².